The molecule has 0 bridgehead atoms. The first-order valence-electron chi connectivity index (χ1n) is 10.7. The summed E-state index contributed by atoms with van der Waals surface area (Å²) in [6.45, 7) is 1.13. The lowest BCUT2D eigenvalue weighted by atomic mass is 10.00. The zero-order chi connectivity index (χ0) is 28.0. The number of nitrogens with one attached hydrogen (secondary N) is 2. The number of alkyl halides is 6. The second-order valence-electron chi connectivity index (χ2n) is 7.94. The highest BCUT2D eigenvalue weighted by atomic mass is 19.4. The number of amides is 2. The molecule has 0 fully saturated rings. The predicted molar refractivity (Wildman–Crippen MR) is 117 cm³/mol. The molecule has 0 aliphatic carbocycles. The zero-order valence-electron chi connectivity index (χ0n) is 19.5. The van der Waals surface area contributed by atoms with E-state index in [1.807, 2.05) is 0 Å². The largest absolute Gasteiger partial charge is 0.454 e. The van der Waals surface area contributed by atoms with Crippen LogP contribution in [-0.2, 0) is 37.9 Å². The molecule has 13 heteroatoms. The molecule has 2 N–H and O–H groups in total. The highest BCUT2D eigenvalue weighted by Gasteiger charge is 2.43. The van der Waals surface area contributed by atoms with E-state index in [1.165, 1.54) is 13.8 Å². The van der Waals surface area contributed by atoms with Crippen molar-refractivity contribution in [3.05, 3.63) is 70.8 Å². The summed E-state index contributed by atoms with van der Waals surface area (Å²) in [6, 6.07) is 7.17. The molecule has 0 heterocycles. The molecule has 0 spiro atoms. The molecular weight excluding hydrogens is 510 g/mol. The minimum Gasteiger partial charge on any atom is -0.454 e. The van der Waals surface area contributed by atoms with Crippen molar-refractivity contribution in [1.82, 2.24) is 10.6 Å². The maximum absolute atomic E-state index is 13.3. The summed E-state index contributed by atoms with van der Waals surface area (Å²) in [6.07, 6.45) is -10.5. The normalized spacial score (nSPS) is 13.3. The quantitative estimate of drug-likeness (QED) is 0.379. The molecule has 0 unspecified atom stereocenters. The van der Waals surface area contributed by atoms with E-state index in [9.17, 15) is 45.5 Å². The number of hydrogen-bond acceptors (Lipinski definition) is 5. The van der Waals surface area contributed by atoms with Crippen molar-refractivity contribution >= 4 is 23.6 Å². The van der Waals surface area contributed by atoms with Crippen molar-refractivity contribution in [2.24, 2.45) is 0 Å². The van der Waals surface area contributed by atoms with Crippen molar-refractivity contribution in [3.63, 3.8) is 0 Å². The van der Waals surface area contributed by atoms with E-state index in [0.29, 0.717) is 11.6 Å². The Bertz CT molecular complexity index is 1120. The van der Waals surface area contributed by atoms with Gasteiger partial charge < -0.3 is 15.4 Å². The van der Waals surface area contributed by atoms with Crippen molar-refractivity contribution in [2.75, 3.05) is 6.61 Å². The molecule has 200 valence electrons. The third-order valence-electron chi connectivity index (χ3n) is 5.04. The Kier molecular flexibility index (Phi) is 9.43. The lowest BCUT2D eigenvalue weighted by Gasteiger charge is -2.21. The maximum atomic E-state index is 13.3. The minimum atomic E-state index is -5.31. The summed E-state index contributed by atoms with van der Waals surface area (Å²) in [7, 11) is 0. The first-order valence-corrected chi connectivity index (χ1v) is 10.7. The monoisotopic (exact) mass is 532 g/mol. The van der Waals surface area contributed by atoms with Crippen LogP contribution in [0.1, 0.15) is 40.9 Å². The molecule has 2 atom stereocenters. The Balaban J connectivity index is 2.12. The number of ether oxygens (including phenoxy) is 1. The van der Waals surface area contributed by atoms with Crippen LogP contribution in [0.2, 0.25) is 0 Å². The van der Waals surface area contributed by atoms with E-state index >= 15 is 0 Å². The summed E-state index contributed by atoms with van der Waals surface area (Å²) in [5.41, 5.74) is -4.84. The third kappa shape index (κ3) is 8.33. The van der Waals surface area contributed by atoms with Gasteiger partial charge in [0.15, 0.2) is 12.4 Å². The zero-order valence-corrected chi connectivity index (χ0v) is 19.5. The van der Waals surface area contributed by atoms with Crippen LogP contribution in [-0.4, -0.2) is 42.3 Å². The number of ketones is 1. The fourth-order valence-corrected chi connectivity index (χ4v) is 3.28. The van der Waals surface area contributed by atoms with Crippen molar-refractivity contribution in [2.45, 2.75) is 44.7 Å². The molecule has 37 heavy (non-hydrogen) atoms. The number of rotatable bonds is 9. The average Bonchev–Trinajstić information content (AvgIpc) is 2.80. The average molecular weight is 532 g/mol. The molecule has 0 radical (unpaired) electrons. The van der Waals surface area contributed by atoms with Crippen LogP contribution >= 0.6 is 0 Å². The highest BCUT2D eigenvalue weighted by molar-refractivity contribution is 5.97. The second-order valence-corrected chi connectivity index (χ2v) is 7.94. The standard InChI is InChI=1S/C24H22F6N2O5/c1-13(31-21(35)18(32-14(2)33)11-15-7-4-3-5-8-15)19(34)12-37-22(36)20-16(23(25,26)27)9-6-10-17(20)24(28,29)30/h3-10,13,18H,11-12H2,1-2H3,(H,31,35)(H,32,33)/t13-,18-/m0/s1. The highest BCUT2D eigenvalue weighted by Crippen LogP contribution is 2.39. The van der Waals surface area contributed by atoms with E-state index in [2.05, 4.69) is 15.4 Å². The van der Waals surface area contributed by atoms with Crippen LogP contribution in [0, 0.1) is 0 Å². The van der Waals surface area contributed by atoms with Gasteiger partial charge in [-0.2, -0.15) is 26.3 Å². The van der Waals surface area contributed by atoms with Gasteiger partial charge in [0.05, 0.1) is 22.7 Å². The van der Waals surface area contributed by atoms with Gasteiger partial charge in [0.1, 0.15) is 6.04 Å². The number of halogens is 6. The third-order valence-corrected chi connectivity index (χ3v) is 5.04. The lowest BCUT2D eigenvalue weighted by molar-refractivity contribution is -0.144. The minimum absolute atomic E-state index is 0.0661. The Morgan fingerprint density at radius 2 is 1.38 bits per heavy atom. The number of Topliss-reactive ketones (excluding diaryl/α,β-unsaturated/α-hetero) is 1. The van der Waals surface area contributed by atoms with Crippen LogP contribution in [0.3, 0.4) is 0 Å². The Labute approximate surface area is 207 Å². The maximum Gasteiger partial charge on any atom is 0.417 e. The van der Waals surface area contributed by atoms with E-state index in [-0.39, 0.29) is 18.6 Å². The van der Waals surface area contributed by atoms with Crippen LogP contribution < -0.4 is 10.6 Å². The molecular formula is C24H22F6N2O5. The summed E-state index contributed by atoms with van der Waals surface area (Å²) >= 11 is 0. The Morgan fingerprint density at radius 3 is 1.86 bits per heavy atom. The molecule has 2 rings (SSSR count). The van der Waals surface area contributed by atoms with Crippen LogP contribution in [0.4, 0.5) is 26.3 Å². The van der Waals surface area contributed by atoms with Crippen LogP contribution in [0.25, 0.3) is 0 Å². The van der Waals surface area contributed by atoms with Gasteiger partial charge in [-0.3, -0.25) is 14.4 Å². The fourth-order valence-electron chi connectivity index (χ4n) is 3.28. The Hall–Kier alpha value is -3.90. The van der Waals surface area contributed by atoms with Crippen molar-refractivity contribution in [1.29, 1.82) is 0 Å². The Morgan fingerprint density at radius 1 is 0.838 bits per heavy atom. The van der Waals surface area contributed by atoms with Gasteiger partial charge in [0, 0.05) is 13.3 Å². The molecule has 2 aromatic rings. The summed E-state index contributed by atoms with van der Waals surface area (Å²) in [5, 5.41) is 4.71. The number of esters is 1. The first kappa shape index (κ1) is 29.3. The summed E-state index contributed by atoms with van der Waals surface area (Å²) in [5.74, 6) is -4.34. The smallest absolute Gasteiger partial charge is 0.417 e. The molecule has 0 saturated heterocycles. The van der Waals surface area contributed by atoms with E-state index < -0.39 is 71.3 Å². The van der Waals surface area contributed by atoms with Gasteiger partial charge >= 0.3 is 18.3 Å². The lowest BCUT2D eigenvalue weighted by Crippen LogP contribution is -2.51. The summed E-state index contributed by atoms with van der Waals surface area (Å²) in [4.78, 5) is 48.7. The van der Waals surface area contributed by atoms with Gasteiger partial charge in [0.25, 0.3) is 0 Å². The SMILES string of the molecule is CC(=O)N[C@@H](Cc1ccccc1)C(=O)N[C@@H](C)C(=O)COC(=O)c1c(C(F)(F)F)cccc1C(F)(F)F. The van der Waals surface area contributed by atoms with E-state index in [1.54, 1.807) is 30.3 Å². The van der Waals surface area contributed by atoms with Gasteiger partial charge in [-0.15, -0.1) is 0 Å². The number of hydrogen-bond donors (Lipinski definition) is 2. The van der Waals surface area contributed by atoms with Gasteiger partial charge in [0.2, 0.25) is 11.8 Å². The predicted octanol–water partition coefficient (Wildman–Crippen LogP) is 3.70. The fraction of sp³-hybridized carbons (Fsp3) is 0.333. The van der Waals surface area contributed by atoms with Gasteiger partial charge in [-0.1, -0.05) is 36.4 Å². The number of carbonyl (C=O) groups is 4. The molecule has 2 aromatic carbocycles. The van der Waals surface area contributed by atoms with Gasteiger partial charge in [-0.05, 0) is 24.6 Å². The van der Waals surface area contributed by atoms with E-state index in [0.717, 1.165) is 0 Å². The van der Waals surface area contributed by atoms with Gasteiger partial charge in [-0.25, -0.2) is 4.79 Å². The summed E-state index contributed by atoms with van der Waals surface area (Å²) < 4.78 is 84.0. The molecule has 7 nitrogen and oxygen atoms in total. The van der Waals surface area contributed by atoms with Crippen molar-refractivity contribution in [3.8, 4) is 0 Å². The van der Waals surface area contributed by atoms with Crippen LogP contribution in [0.5, 0.6) is 0 Å². The topological polar surface area (TPSA) is 102 Å². The molecule has 2 amide bonds. The molecule has 0 aliphatic rings. The number of benzene rings is 2. The molecule has 0 aliphatic heterocycles. The second kappa shape index (κ2) is 11.9. The van der Waals surface area contributed by atoms with Crippen molar-refractivity contribution < 1.29 is 50.3 Å². The molecule has 0 saturated carbocycles. The van der Waals surface area contributed by atoms with Crippen LogP contribution in [0.15, 0.2) is 48.5 Å². The number of carbonyl (C=O) groups excluding carboxylic acids is 4. The molecule has 0 aromatic heterocycles. The first-order chi connectivity index (χ1) is 17.1. The van der Waals surface area contributed by atoms with E-state index in [4.69, 9.17) is 0 Å².